The minimum atomic E-state index is 0.623. The van der Waals surface area contributed by atoms with Crippen molar-refractivity contribution in [1.29, 1.82) is 0 Å². The second-order valence-electron chi connectivity index (χ2n) is 5.33. The zero-order chi connectivity index (χ0) is 8.82. The zero-order valence-electron chi connectivity index (χ0n) is 8.61. The van der Waals surface area contributed by atoms with E-state index in [2.05, 4.69) is 26.1 Å². The molecule has 2 unspecified atom stereocenters. The molecule has 2 fully saturated rings. The maximum absolute atomic E-state index is 3.49. The Balaban J connectivity index is 2.16. The molecule has 1 nitrogen and oxygen atoms in total. The van der Waals surface area contributed by atoms with Gasteiger partial charge >= 0.3 is 0 Å². The third kappa shape index (κ3) is 1.02. The van der Waals surface area contributed by atoms with Crippen molar-refractivity contribution < 1.29 is 0 Å². The van der Waals surface area contributed by atoms with Crippen LogP contribution in [-0.2, 0) is 0 Å². The van der Waals surface area contributed by atoms with Crippen LogP contribution in [0.25, 0.3) is 0 Å². The van der Waals surface area contributed by atoms with Crippen molar-refractivity contribution in [1.82, 2.24) is 5.32 Å². The van der Waals surface area contributed by atoms with Crippen molar-refractivity contribution in [2.24, 2.45) is 16.7 Å². The van der Waals surface area contributed by atoms with Gasteiger partial charge < -0.3 is 5.32 Å². The Morgan fingerprint density at radius 1 is 1.17 bits per heavy atom. The normalized spacial score (nSPS) is 45.8. The largest absolute Gasteiger partial charge is 0.316 e. The SMILES string of the molecule is CC1CNCCC1(C)C1(C)CC1. The van der Waals surface area contributed by atoms with Gasteiger partial charge in [-0.25, -0.2) is 0 Å². The minimum Gasteiger partial charge on any atom is -0.316 e. The van der Waals surface area contributed by atoms with Gasteiger partial charge in [-0.3, -0.25) is 0 Å². The van der Waals surface area contributed by atoms with E-state index < -0.39 is 0 Å². The van der Waals surface area contributed by atoms with Gasteiger partial charge in [0, 0.05) is 0 Å². The fourth-order valence-electron chi connectivity index (χ4n) is 2.79. The van der Waals surface area contributed by atoms with Crippen molar-refractivity contribution in [2.45, 2.75) is 40.0 Å². The van der Waals surface area contributed by atoms with Gasteiger partial charge in [0.05, 0.1) is 0 Å². The fraction of sp³-hybridized carbons (Fsp3) is 1.00. The summed E-state index contributed by atoms with van der Waals surface area (Å²) in [7, 11) is 0. The number of rotatable bonds is 1. The Morgan fingerprint density at radius 2 is 1.83 bits per heavy atom. The predicted octanol–water partition coefficient (Wildman–Crippen LogP) is 2.42. The van der Waals surface area contributed by atoms with Crippen molar-refractivity contribution in [3.8, 4) is 0 Å². The Kier molecular flexibility index (Phi) is 1.76. The fourth-order valence-corrected chi connectivity index (χ4v) is 2.79. The highest BCUT2D eigenvalue weighted by Crippen LogP contribution is 2.63. The van der Waals surface area contributed by atoms with Crippen LogP contribution in [0, 0.1) is 16.7 Å². The first-order valence-electron chi connectivity index (χ1n) is 5.29. The molecule has 0 radical (unpaired) electrons. The van der Waals surface area contributed by atoms with Crippen LogP contribution in [-0.4, -0.2) is 13.1 Å². The van der Waals surface area contributed by atoms with Gasteiger partial charge in [0.1, 0.15) is 0 Å². The molecule has 1 N–H and O–H groups in total. The van der Waals surface area contributed by atoms with E-state index in [1.807, 2.05) is 0 Å². The van der Waals surface area contributed by atoms with Crippen molar-refractivity contribution in [3.05, 3.63) is 0 Å². The summed E-state index contributed by atoms with van der Waals surface area (Å²) in [5.74, 6) is 0.860. The highest BCUT2D eigenvalue weighted by atomic mass is 14.9. The third-order valence-corrected chi connectivity index (χ3v) is 4.74. The van der Waals surface area contributed by atoms with Crippen LogP contribution >= 0.6 is 0 Å². The summed E-state index contributed by atoms with van der Waals surface area (Å²) in [6, 6.07) is 0. The van der Waals surface area contributed by atoms with Crippen LogP contribution < -0.4 is 5.32 Å². The van der Waals surface area contributed by atoms with Crippen molar-refractivity contribution in [3.63, 3.8) is 0 Å². The summed E-state index contributed by atoms with van der Waals surface area (Å²) in [5.41, 5.74) is 1.31. The molecule has 1 saturated carbocycles. The Hall–Kier alpha value is -0.0400. The van der Waals surface area contributed by atoms with Crippen LogP contribution in [0.5, 0.6) is 0 Å². The molecular weight excluding hydrogens is 146 g/mol. The molecule has 70 valence electrons. The second-order valence-corrected chi connectivity index (χ2v) is 5.33. The molecule has 2 aliphatic rings. The molecule has 2 atom stereocenters. The average molecular weight is 167 g/mol. The lowest BCUT2D eigenvalue weighted by molar-refractivity contribution is 0.0582. The summed E-state index contributed by atoms with van der Waals surface area (Å²) < 4.78 is 0. The molecule has 1 saturated heterocycles. The number of piperidine rings is 1. The van der Waals surface area contributed by atoms with E-state index in [1.165, 1.54) is 32.4 Å². The van der Waals surface area contributed by atoms with Crippen LogP contribution in [0.4, 0.5) is 0 Å². The molecule has 12 heavy (non-hydrogen) atoms. The van der Waals surface area contributed by atoms with Gasteiger partial charge in [-0.2, -0.15) is 0 Å². The maximum Gasteiger partial charge on any atom is -0.00177 e. The molecule has 0 amide bonds. The summed E-state index contributed by atoms with van der Waals surface area (Å²) in [5, 5.41) is 3.49. The lowest BCUT2D eigenvalue weighted by Gasteiger charge is -2.45. The van der Waals surface area contributed by atoms with Gasteiger partial charge in [-0.05, 0) is 49.1 Å². The summed E-state index contributed by atoms with van der Waals surface area (Å²) in [6.07, 6.45) is 4.31. The van der Waals surface area contributed by atoms with Gasteiger partial charge in [0.15, 0.2) is 0 Å². The molecule has 0 aromatic carbocycles. The molecule has 1 heteroatoms. The average Bonchev–Trinajstić information content (AvgIpc) is 2.76. The van der Waals surface area contributed by atoms with Crippen LogP contribution in [0.1, 0.15) is 40.0 Å². The first kappa shape index (κ1) is 8.55. The molecule has 0 aromatic heterocycles. The number of hydrogen-bond acceptors (Lipinski definition) is 1. The molecule has 1 heterocycles. The standard InChI is InChI=1S/C11H21N/c1-9-8-12-7-6-11(9,3)10(2)4-5-10/h9,12H,4-8H2,1-3H3. The van der Waals surface area contributed by atoms with Crippen LogP contribution in [0.15, 0.2) is 0 Å². The first-order chi connectivity index (χ1) is 5.58. The van der Waals surface area contributed by atoms with Gasteiger partial charge in [0.25, 0.3) is 0 Å². The molecular formula is C11H21N. The van der Waals surface area contributed by atoms with Crippen LogP contribution in [0.3, 0.4) is 0 Å². The Labute approximate surface area is 75.9 Å². The third-order valence-electron chi connectivity index (χ3n) is 4.74. The van der Waals surface area contributed by atoms with E-state index in [0.717, 1.165) is 5.92 Å². The molecule has 2 rings (SSSR count). The predicted molar refractivity (Wildman–Crippen MR) is 52.1 cm³/mol. The Bertz CT molecular complexity index is 183. The van der Waals surface area contributed by atoms with E-state index >= 15 is 0 Å². The van der Waals surface area contributed by atoms with E-state index in [1.54, 1.807) is 0 Å². The van der Waals surface area contributed by atoms with E-state index in [0.29, 0.717) is 10.8 Å². The lowest BCUT2D eigenvalue weighted by Crippen LogP contribution is -2.46. The monoisotopic (exact) mass is 167 g/mol. The molecule has 0 bridgehead atoms. The summed E-state index contributed by atoms with van der Waals surface area (Å²) >= 11 is 0. The van der Waals surface area contributed by atoms with Crippen molar-refractivity contribution in [2.75, 3.05) is 13.1 Å². The summed E-state index contributed by atoms with van der Waals surface area (Å²) in [4.78, 5) is 0. The topological polar surface area (TPSA) is 12.0 Å². The van der Waals surface area contributed by atoms with Crippen molar-refractivity contribution >= 4 is 0 Å². The lowest BCUT2D eigenvalue weighted by atomic mass is 9.63. The van der Waals surface area contributed by atoms with Gasteiger partial charge in [0.2, 0.25) is 0 Å². The quantitative estimate of drug-likeness (QED) is 0.632. The zero-order valence-corrected chi connectivity index (χ0v) is 8.61. The van der Waals surface area contributed by atoms with E-state index in [-0.39, 0.29) is 0 Å². The van der Waals surface area contributed by atoms with Gasteiger partial charge in [-0.15, -0.1) is 0 Å². The number of hydrogen-bond donors (Lipinski definition) is 1. The molecule has 1 aliphatic carbocycles. The summed E-state index contributed by atoms with van der Waals surface area (Å²) in [6.45, 7) is 9.86. The van der Waals surface area contributed by atoms with Crippen LogP contribution in [0.2, 0.25) is 0 Å². The second kappa shape index (κ2) is 2.47. The van der Waals surface area contributed by atoms with E-state index in [4.69, 9.17) is 0 Å². The number of nitrogens with one attached hydrogen (secondary N) is 1. The van der Waals surface area contributed by atoms with E-state index in [9.17, 15) is 0 Å². The smallest absolute Gasteiger partial charge is 0.00177 e. The highest BCUT2D eigenvalue weighted by molar-refractivity contribution is 5.05. The highest BCUT2D eigenvalue weighted by Gasteiger charge is 2.55. The Morgan fingerprint density at radius 3 is 2.33 bits per heavy atom. The molecule has 1 aliphatic heterocycles. The first-order valence-corrected chi connectivity index (χ1v) is 5.29. The molecule has 0 aromatic rings. The van der Waals surface area contributed by atoms with Gasteiger partial charge in [-0.1, -0.05) is 20.8 Å². The maximum atomic E-state index is 3.49. The minimum absolute atomic E-state index is 0.623. The molecule has 0 spiro atoms.